The number of thiophene rings is 1. The molecule has 1 saturated heterocycles. The molecule has 1 unspecified atom stereocenters. The molecule has 3 heterocycles. The van der Waals surface area contributed by atoms with E-state index in [0.717, 1.165) is 48.3 Å². The number of benzene rings is 1. The van der Waals surface area contributed by atoms with Crippen LogP contribution in [0.5, 0.6) is 0 Å². The molecule has 174 valence electrons. The molecule has 1 atom stereocenters. The molecule has 0 saturated carbocycles. The first-order valence-electron chi connectivity index (χ1n) is 11.8. The number of halogens is 1. The second-order valence-electron chi connectivity index (χ2n) is 9.50. The van der Waals surface area contributed by atoms with Gasteiger partial charge in [0.1, 0.15) is 22.3 Å². The molecule has 5 rings (SSSR count). The first-order valence-corrected chi connectivity index (χ1v) is 12.6. The van der Waals surface area contributed by atoms with Gasteiger partial charge in [0.2, 0.25) is 0 Å². The van der Waals surface area contributed by atoms with Crippen molar-refractivity contribution in [2.45, 2.75) is 46.0 Å². The van der Waals surface area contributed by atoms with Gasteiger partial charge in [0, 0.05) is 42.7 Å². The van der Waals surface area contributed by atoms with Crippen molar-refractivity contribution < 1.29 is 9.18 Å². The van der Waals surface area contributed by atoms with Gasteiger partial charge in [0.15, 0.2) is 0 Å². The average molecular weight is 468 g/mol. The molecular formula is C25H30FN5OS. The number of fused-ring (bicyclic) bond motifs is 3. The Morgan fingerprint density at radius 1 is 1.15 bits per heavy atom. The van der Waals surface area contributed by atoms with Crippen LogP contribution in [0.4, 0.5) is 20.7 Å². The number of aryl methyl sites for hydroxylation is 1. The van der Waals surface area contributed by atoms with Crippen LogP contribution in [0.15, 0.2) is 24.3 Å². The molecule has 8 heteroatoms. The van der Waals surface area contributed by atoms with E-state index in [0.29, 0.717) is 18.8 Å². The summed E-state index contributed by atoms with van der Waals surface area (Å²) in [6.45, 7) is 9.27. The summed E-state index contributed by atoms with van der Waals surface area (Å²) in [7, 11) is 0. The fraction of sp³-hybridized carbons (Fsp3) is 0.480. The second kappa shape index (κ2) is 8.89. The molecule has 1 fully saturated rings. The molecule has 2 aromatic heterocycles. The highest BCUT2D eigenvalue weighted by Crippen LogP contribution is 2.41. The van der Waals surface area contributed by atoms with E-state index in [-0.39, 0.29) is 17.8 Å². The van der Waals surface area contributed by atoms with Gasteiger partial charge in [-0.25, -0.2) is 19.2 Å². The number of amides is 2. The Bertz CT molecular complexity index is 1170. The van der Waals surface area contributed by atoms with Crippen molar-refractivity contribution in [1.29, 1.82) is 0 Å². The number of carbonyl (C=O) groups excluding carboxylic acids is 1. The van der Waals surface area contributed by atoms with Crippen molar-refractivity contribution in [2.75, 3.05) is 36.4 Å². The third-order valence-electron chi connectivity index (χ3n) is 6.63. The van der Waals surface area contributed by atoms with E-state index in [9.17, 15) is 9.18 Å². The minimum absolute atomic E-state index is 0.154. The average Bonchev–Trinajstić information content (AvgIpc) is 3.17. The molecule has 2 amide bonds. The van der Waals surface area contributed by atoms with E-state index in [2.05, 4.69) is 31.0 Å². The zero-order valence-corrected chi connectivity index (χ0v) is 20.2. The number of piperazine rings is 1. The van der Waals surface area contributed by atoms with Crippen LogP contribution in [0.3, 0.4) is 0 Å². The number of hydrogen-bond acceptors (Lipinski definition) is 5. The van der Waals surface area contributed by atoms with Gasteiger partial charge >= 0.3 is 6.03 Å². The Hall–Kier alpha value is -2.74. The van der Waals surface area contributed by atoms with E-state index in [1.165, 1.54) is 34.4 Å². The highest BCUT2D eigenvalue weighted by Gasteiger charge is 2.29. The van der Waals surface area contributed by atoms with Crippen molar-refractivity contribution in [1.82, 2.24) is 14.9 Å². The lowest BCUT2D eigenvalue weighted by Crippen LogP contribution is -2.50. The lowest BCUT2D eigenvalue weighted by molar-refractivity contribution is 0.208. The SMILES string of the molecule is CC1CCc2c(sc3nc(C(C)C)nc(N4CCN(C(=O)Nc5ccc(F)cc5)CC4)c23)C1. The van der Waals surface area contributed by atoms with Crippen LogP contribution >= 0.6 is 11.3 Å². The fourth-order valence-electron chi connectivity index (χ4n) is 4.68. The van der Waals surface area contributed by atoms with E-state index in [4.69, 9.17) is 9.97 Å². The normalized spacial score (nSPS) is 18.6. The molecule has 0 radical (unpaired) electrons. The largest absolute Gasteiger partial charge is 0.352 e. The Kier molecular flexibility index (Phi) is 5.95. The monoisotopic (exact) mass is 467 g/mol. The van der Waals surface area contributed by atoms with Crippen molar-refractivity contribution in [3.63, 3.8) is 0 Å². The van der Waals surface area contributed by atoms with E-state index < -0.39 is 0 Å². The zero-order valence-electron chi connectivity index (χ0n) is 19.4. The minimum Gasteiger partial charge on any atom is -0.352 e. The maximum atomic E-state index is 13.1. The van der Waals surface area contributed by atoms with Gasteiger partial charge in [-0.2, -0.15) is 0 Å². The molecular weight excluding hydrogens is 437 g/mol. The fourth-order valence-corrected chi connectivity index (χ4v) is 6.07. The first kappa shape index (κ1) is 22.1. The van der Waals surface area contributed by atoms with Gasteiger partial charge in [0.25, 0.3) is 0 Å². The van der Waals surface area contributed by atoms with Gasteiger partial charge in [-0.05, 0) is 55.0 Å². The summed E-state index contributed by atoms with van der Waals surface area (Å²) in [6, 6.07) is 5.70. The van der Waals surface area contributed by atoms with E-state index in [1.807, 2.05) is 16.2 Å². The molecule has 0 bridgehead atoms. The summed E-state index contributed by atoms with van der Waals surface area (Å²) >= 11 is 1.84. The molecule has 1 aliphatic carbocycles. The van der Waals surface area contributed by atoms with Crippen LogP contribution in [0.1, 0.15) is 49.4 Å². The number of rotatable bonds is 3. The van der Waals surface area contributed by atoms with Gasteiger partial charge in [0.05, 0.1) is 5.39 Å². The molecule has 3 aromatic rings. The van der Waals surface area contributed by atoms with Crippen LogP contribution in [-0.2, 0) is 12.8 Å². The summed E-state index contributed by atoms with van der Waals surface area (Å²) in [5.41, 5.74) is 2.04. The number of aromatic nitrogens is 2. The molecule has 33 heavy (non-hydrogen) atoms. The molecule has 2 aliphatic rings. The van der Waals surface area contributed by atoms with Crippen molar-refractivity contribution in [2.24, 2.45) is 5.92 Å². The number of hydrogen-bond donors (Lipinski definition) is 1. The molecule has 6 nitrogen and oxygen atoms in total. The summed E-state index contributed by atoms with van der Waals surface area (Å²) in [5.74, 6) is 2.59. The van der Waals surface area contributed by atoms with Gasteiger partial charge in [-0.3, -0.25) is 0 Å². The quantitative estimate of drug-likeness (QED) is 0.558. The summed E-state index contributed by atoms with van der Waals surface area (Å²) in [5, 5.41) is 4.10. The predicted molar refractivity (Wildman–Crippen MR) is 132 cm³/mol. The Morgan fingerprint density at radius 3 is 2.58 bits per heavy atom. The van der Waals surface area contributed by atoms with E-state index >= 15 is 0 Å². The molecule has 1 aliphatic heterocycles. The maximum Gasteiger partial charge on any atom is 0.321 e. The Morgan fingerprint density at radius 2 is 1.88 bits per heavy atom. The number of nitrogens with one attached hydrogen (secondary N) is 1. The summed E-state index contributed by atoms with van der Waals surface area (Å²) < 4.78 is 13.1. The first-order chi connectivity index (χ1) is 15.9. The third kappa shape index (κ3) is 4.40. The minimum atomic E-state index is -0.316. The summed E-state index contributed by atoms with van der Waals surface area (Å²) in [6.07, 6.45) is 3.43. The number of anilines is 2. The lowest BCUT2D eigenvalue weighted by Gasteiger charge is -2.36. The lowest BCUT2D eigenvalue weighted by atomic mass is 9.89. The van der Waals surface area contributed by atoms with Crippen LogP contribution < -0.4 is 10.2 Å². The molecule has 1 aromatic carbocycles. The smallest absolute Gasteiger partial charge is 0.321 e. The van der Waals surface area contributed by atoms with Crippen LogP contribution in [0.25, 0.3) is 10.2 Å². The zero-order chi connectivity index (χ0) is 23.1. The van der Waals surface area contributed by atoms with Gasteiger partial charge < -0.3 is 15.1 Å². The highest BCUT2D eigenvalue weighted by atomic mass is 32.1. The second-order valence-corrected chi connectivity index (χ2v) is 10.6. The Labute approximate surface area is 197 Å². The number of carbonyl (C=O) groups is 1. The van der Waals surface area contributed by atoms with Crippen molar-refractivity contribution in [3.8, 4) is 0 Å². The number of nitrogens with zero attached hydrogens (tertiary/aromatic N) is 4. The van der Waals surface area contributed by atoms with E-state index in [1.54, 1.807) is 12.1 Å². The van der Waals surface area contributed by atoms with Crippen LogP contribution in [0.2, 0.25) is 0 Å². The predicted octanol–water partition coefficient (Wildman–Crippen LogP) is 5.43. The standard InChI is InChI=1S/C25H30FN5OS/c1-15(2)22-28-23(21-19-9-4-16(3)14-20(19)33-24(21)29-22)30-10-12-31(13-11-30)25(32)27-18-7-5-17(26)6-8-18/h5-8,15-16H,4,9-14H2,1-3H3,(H,27,32). The number of urea groups is 1. The third-order valence-corrected chi connectivity index (χ3v) is 7.78. The van der Waals surface area contributed by atoms with Gasteiger partial charge in [-0.1, -0.05) is 20.8 Å². The maximum absolute atomic E-state index is 13.1. The summed E-state index contributed by atoms with van der Waals surface area (Å²) in [4.78, 5) is 29.4. The van der Waals surface area contributed by atoms with Crippen molar-refractivity contribution >= 4 is 39.1 Å². The molecule has 1 N–H and O–H groups in total. The molecule has 0 spiro atoms. The van der Waals surface area contributed by atoms with Crippen LogP contribution in [-0.4, -0.2) is 47.1 Å². The Balaban J connectivity index is 1.37. The van der Waals surface area contributed by atoms with Gasteiger partial charge in [-0.15, -0.1) is 11.3 Å². The van der Waals surface area contributed by atoms with Crippen molar-refractivity contribution in [3.05, 3.63) is 46.3 Å². The van der Waals surface area contributed by atoms with Crippen LogP contribution in [0, 0.1) is 11.7 Å². The topological polar surface area (TPSA) is 61.4 Å². The highest BCUT2D eigenvalue weighted by molar-refractivity contribution is 7.19.